The van der Waals surface area contributed by atoms with Crippen molar-refractivity contribution >= 4 is 11.8 Å². The number of nitrogens with zero attached hydrogens (tertiary/aromatic N) is 3. The highest BCUT2D eigenvalue weighted by Crippen LogP contribution is 2.39. The maximum Gasteiger partial charge on any atom is 0.107 e. The molecule has 1 saturated heterocycles. The van der Waals surface area contributed by atoms with E-state index >= 15 is 0 Å². The Morgan fingerprint density at radius 3 is 2.52 bits per heavy atom. The first kappa shape index (κ1) is 18.1. The van der Waals surface area contributed by atoms with Crippen molar-refractivity contribution in [3.05, 3.63) is 83.3 Å². The number of hydrogen-bond acceptors (Lipinski definition) is 4. The molecule has 2 aliphatic rings. The van der Waals surface area contributed by atoms with E-state index in [0.29, 0.717) is 5.92 Å². The average Bonchev–Trinajstić information content (AvgIpc) is 2.66. The van der Waals surface area contributed by atoms with Gasteiger partial charge in [-0.2, -0.15) is 0 Å². The molecule has 3 heterocycles. The van der Waals surface area contributed by atoms with Crippen molar-refractivity contribution in [1.82, 2.24) is 14.9 Å². The number of para-hydroxylation sites is 1. The Kier molecular flexibility index (Phi) is 4.25. The van der Waals surface area contributed by atoms with Crippen LogP contribution in [0.3, 0.4) is 0 Å². The molecule has 2 aromatic carbocycles. The van der Waals surface area contributed by atoms with Gasteiger partial charge in [0.05, 0.1) is 11.4 Å². The van der Waals surface area contributed by atoms with Crippen LogP contribution >= 0.6 is 0 Å². The van der Waals surface area contributed by atoms with Gasteiger partial charge in [-0.05, 0) is 50.6 Å². The molecule has 0 bridgehead atoms. The van der Waals surface area contributed by atoms with Crippen molar-refractivity contribution in [3.8, 4) is 11.3 Å². The molecule has 29 heavy (non-hydrogen) atoms. The highest BCUT2D eigenvalue weighted by atomic mass is 15.4. The van der Waals surface area contributed by atoms with Crippen LogP contribution in [-0.2, 0) is 0 Å². The summed E-state index contributed by atoms with van der Waals surface area (Å²) < 4.78 is 0. The third-order valence-corrected chi connectivity index (χ3v) is 6.08. The van der Waals surface area contributed by atoms with E-state index < -0.39 is 0 Å². The molecule has 2 aliphatic heterocycles. The van der Waals surface area contributed by atoms with Crippen LogP contribution in [0.1, 0.15) is 35.2 Å². The molecule has 5 rings (SSSR count). The van der Waals surface area contributed by atoms with Crippen molar-refractivity contribution in [2.24, 2.45) is 0 Å². The van der Waals surface area contributed by atoms with Crippen LogP contribution in [0.2, 0.25) is 0 Å². The van der Waals surface area contributed by atoms with E-state index in [9.17, 15) is 0 Å². The van der Waals surface area contributed by atoms with Gasteiger partial charge in [-0.3, -0.25) is 14.9 Å². The smallest absolute Gasteiger partial charge is 0.107 e. The molecule has 0 spiro atoms. The maximum absolute atomic E-state index is 4.75. The van der Waals surface area contributed by atoms with Crippen LogP contribution in [0.25, 0.3) is 17.3 Å². The van der Waals surface area contributed by atoms with Crippen LogP contribution in [0.5, 0.6) is 0 Å². The predicted molar refractivity (Wildman–Crippen MR) is 119 cm³/mol. The summed E-state index contributed by atoms with van der Waals surface area (Å²) in [6, 6.07) is 15.1. The monoisotopic (exact) mass is 382 g/mol. The predicted octanol–water partition coefficient (Wildman–Crippen LogP) is 5.01. The van der Waals surface area contributed by atoms with E-state index in [2.05, 4.69) is 85.6 Å². The Bertz CT molecular complexity index is 1080. The van der Waals surface area contributed by atoms with Crippen molar-refractivity contribution in [3.63, 3.8) is 0 Å². The fourth-order valence-corrected chi connectivity index (χ4v) is 4.52. The molecule has 1 fully saturated rings. The minimum Gasteiger partial charge on any atom is -0.364 e. The van der Waals surface area contributed by atoms with E-state index in [1.807, 2.05) is 6.20 Å². The first-order chi connectivity index (χ1) is 14.0. The van der Waals surface area contributed by atoms with E-state index in [0.717, 1.165) is 24.5 Å². The summed E-state index contributed by atoms with van der Waals surface area (Å²) in [6.07, 6.45) is 8.12. The standard InChI is InChI=1S/C25H26N4/c1-17-12-18(2)14-20(13-17)23-24(27-11-10-26-23)21-15-29(16-21)25(3)9-8-19-6-4-5-7-22(19)28-25/h4-14,21,28H,15-16H2,1-3H3. The number of nitrogens with one attached hydrogen (secondary N) is 1. The SMILES string of the molecule is Cc1cc(C)cc(-c2nccnc2C2CN(C3(C)C=Cc4ccccc4N3)C2)c1. The lowest BCUT2D eigenvalue weighted by Crippen LogP contribution is -2.61. The summed E-state index contributed by atoms with van der Waals surface area (Å²) in [4.78, 5) is 11.9. The Morgan fingerprint density at radius 1 is 1.00 bits per heavy atom. The molecule has 0 saturated carbocycles. The number of aromatic nitrogens is 2. The van der Waals surface area contributed by atoms with Crippen molar-refractivity contribution in [1.29, 1.82) is 0 Å². The highest BCUT2D eigenvalue weighted by molar-refractivity contribution is 5.72. The molecule has 0 radical (unpaired) electrons. The van der Waals surface area contributed by atoms with Crippen LogP contribution in [0.4, 0.5) is 5.69 Å². The van der Waals surface area contributed by atoms with Gasteiger partial charge in [0.25, 0.3) is 0 Å². The Hall–Kier alpha value is -2.98. The van der Waals surface area contributed by atoms with Crippen LogP contribution < -0.4 is 5.32 Å². The zero-order valence-electron chi connectivity index (χ0n) is 17.2. The quantitative estimate of drug-likeness (QED) is 0.691. The normalized spacial score (nSPS) is 21.3. The summed E-state index contributed by atoms with van der Waals surface area (Å²) in [5, 5.41) is 3.71. The van der Waals surface area contributed by atoms with Gasteiger partial charge in [-0.15, -0.1) is 0 Å². The van der Waals surface area contributed by atoms with Gasteiger partial charge in [-0.1, -0.05) is 41.5 Å². The molecule has 1 unspecified atom stereocenters. The van der Waals surface area contributed by atoms with Gasteiger partial charge in [0.15, 0.2) is 0 Å². The van der Waals surface area contributed by atoms with Gasteiger partial charge in [0, 0.05) is 42.7 Å². The van der Waals surface area contributed by atoms with E-state index in [1.54, 1.807) is 6.20 Å². The lowest BCUT2D eigenvalue weighted by Gasteiger charge is -2.51. The number of rotatable bonds is 3. The topological polar surface area (TPSA) is 41.1 Å². The molecule has 3 aromatic rings. The van der Waals surface area contributed by atoms with Gasteiger partial charge < -0.3 is 5.32 Å². The second-order valence-corrected chi connectivity index (χ2v) is 8.46. The van der Waals surface area contributed by atoms with Gasteiger partial charge in [0.1, 0.15) is 5.66 Å². The van der Waals surface area contributed by atoms with Gasteiger partial charge >= 0.3 is 0 Å². The third kappa shape index (κ3) is 3.23. The van der Waals surface area contributed by atoms with E-state index in [4.69, 9.17) is 9.97 Å². The second-order valence-electron chi connectivity index (χ2n) is 8.46. The second kappa shape index (κ2) is 6.82. The molecule has 4 nitrogen and oxygen atoms in total. The largest absolute Gasteiger partial charge is 0.364 e. The number of benzene rings is 2. The molecule has 0 amide bonds. The summed E-state index contributed by atoms with van der Waals surface area (Å²) in [6.45, 7) is 8.45. The molecule has 1 atom stereocenters. The summed E-state index contributed by atoms with van der Waals surface area (Å²) in [5.41, 5.74) is 8.07. The average molecular weight is 383 g/mol. The fraction of sp³-hybridized carbons (Fsp3) is 0.280. The number of fused-ring (bicyclic) bond motifs is 1. The van der Waals surface area contributed by atoms with Gasteiger partial charge in [0.2, 0.25) is 0 Å². The molecule has 4 heteroatoms. The first-order valence-corrected chi connectivity index (χ1v) is 10.2. The molecular formula is C25H26N4. The van der Waals surface area contributed by atoms with Crippen LogP contribution in [0.15, 0.2) is 60.9 Å². The third-order valence-electron chi connectivity index (χ3n) is 6.08. The molecule has 146 valence electrons. The van der Waals surface area contributed by atoms with Crippen LogP contribution in [0, 0.1) is 13.8 Å². The first-order valence-electron chi connectivity index (χ1n) is 10.2. The number of aryl methyl sites for hydroxylation is 2. The van der Waals surface area contributed by atoms with Crippen LogP contribution in [-0.4, -0.2) is 33.6 Å². The summed E-state index contributed by atoms with van der Waals surface area (Å²) >= 11 is 0. The zero-order chi connectivity index (χ0) is 20.0. The van der Waals surface area contributed by atoms with Crippen molar-refractivity contribution < 1.29 is 0 Å². The summed E-state index contributed by atoms with van der Waals surface area (Å²) in [5.74, 6) is 0.392. The maximum atomic E-state index is 4.75. The minimum absolute atomic E-state index is 0.173. The fourth-order valence-electron chi connectivity index (χ4n) is 4.52. The van der Waals surface area contributed by atoms with Crippen molar-refractivity contribution in [2.45, 2.75) is 32.4 Å². The Morgan fingerprint density at radius 2 is 1.72 bits per heavy atom. The lowest BCUT2D eigenvalue weighted by atomic mass is 9.87. The zero-order valence-corrected chi connectivity index (χ0v) is 17.2. The van der Waals surface area contributed by atoms with Crippen molar-refractivity contribution in [2.75, 3.05) is 18.4 Å². The van der Waals surface area contributed by atoms with E-state index in [1.165, 1.54) is 27.9 Å². The minimum atomic E-state index is -0.173. The van der Waals surface area contributed by atoms with Gasteiger partial charge in [-0.25, -0.2) is 0 Å². The Labute approximate surface area is 172 Å². The molecule has 1 N–H and O–H groups in total. The highest BCUT2D eigenvalue weighted by Gasteiger charge is 2.42. The molecule has 1 aromatic heterocycles. The number of hydrogen-bond donors (Lipinski definition) is 1. The lowest BCUT2D eigenvalue weighted by molar-refractivity contribution is 0.0691. The molecular weight excluding hydrogens is 356 g/mol. The summed E-state index contributed by atoms with van der Waals surface area (Å²) in [7, 11) is 0. The number of anilines is 1. The van der Waals surface area contributed by atoms with E-state index in [-0.39, 0.29) is 5.66 Å². The Balaban J connectivity index is 1.38. The number of likely N-dealkylation sites (tertiary alicyclic amines) is 1. The molecule has 0 aliphatic carbocycles.